The molecule has 82 valence electrons. The summed E-state index contributed by atoms with van der Waals surface area (Å²) in [5.74, 6) is 1.67. The predicted molar refractivity (Wildman–Crippen MR) is 66.6 cm³/mol. The summed E-state index contributed by atoms with van der Waals surface area (Å²) in [7, 11) is 0. The molecule has 0 amide bonds. The highest BCUT2D eigenvalue weighted by Gasteiger charge is 2.49. The maximum atomic E-state index is 4.32. The smallest absolute Gasteiger partial charge is 0.00940 e. The first-order valence-electron chi connectivity index (χ1n) is 6.06. The number of hydrogen-bond acceptors (Lipinski definition) is 0. The molecule has 0 spiro atoms. The van der Waals surface area contributed by atoms with E-state index in [-0.39, 0.29) is 5.41 Å². The predicted octanol–water partition coefficient (Wildman–Crippen LogP) is 4.50. The highest BCUT2D eigenvalue weighted by Crippen LogP contribution is 2.59. The summed E-state index contributed by atoms with van der Waals surface area (Å²) in [5, 5.41) is 0. The second-order valence-electron chi connectivity index (χ2n) is 5.62. The van der Waals surface area contributed by atoms with Crippen LogP contribution in [0.3, 0.4) is 0 Å². The molecule has 2 aliphatic carbocycles. The van der Waals surface area contributed by atoms with Gasteiger partial charge < -0.3 is 0 Å². The van der Waals surface area contributed by atoms with Crippen LogP contribution in [0.2, 0.25) is 0 Å². The van der Waals surface area contributed by atoms with Crippen LogP contribution in [0, 0.1) is 17.3 Å². The zero-order chi connectivity index (χ0) is 11.1. The topological polar surface area (TPSA) is 0 Å². The molecule has 2 fully saturated rings. The van der Waals surface area contributed by atoms with Gasteiger partial charge in [-0.1, -0.05) is 42.9 Å². The van der Waals surface area contributed by atoms with E-state index in [0.29, 0.717) is 0 Å². The molecule has 0 heterocycles. The molecular weight excluding hydrogens is 180 g/mol. The van der Waals surface area contributed by atoms with Crippen molar-refractivity contribution in [3.05, 3.63) is 36.0 Å². The highest BCUT2D eigenvalue weighted by atomic mass is 14.5. The Hall–Kier alpha value is -0.780. The van der Waals surface area contributed by atoms with Gasteiger partial charge in [0.15, 0.2) is 0 Å². The Morgan fingerprint density at radius 3 is 2.67 bits per heavy atom. The van der Waals surface area contributed by atoms with Crippen molar-refractivity contribution in [2.24, 2.45) is 17.3 Å². The van der Waals surface area contributed by atoms with Crippen LogP contribution in [0.5, 0.6) is 0 Å². The van der Waals surface area contributed by atoms with E-state index in [2.05, 4.69) is 45.6 Å². The monoisotopic (exact) mass is 202 g/mol. The summed E-state index contributed by atoms with van der Waals surface area (Å²) in [6, 6.07) is 0. The van der Waals surface area contributed by atoms with Gasteiger partial charge in [-0.25, -0.2) is 0 Å². The lowest BCUT2D eigenvalue weighted by molar-refractivity contribution is 0.332. The van der Waals surface area contributed by atoms with Gasteiger partial charge in [0.1, 0.15) is 0 Å². The average molecular weight is 202 g/mol. The maximum absolute atomic E-state index is 4.32. The molecule has 3 unspecified atom stereocenters. The summed E-state index contributed by atoms with van der Waals surface area (Å²) in [4.78, 5) is 0. The molecule has 0 nitrogen and oxygen atoms in total. The van der Waals surface area contributed by atoms with E-state index in [1.165, 1.54) is 30.4 Å². The molecule has 0 heteroatoms. The van der Waals surface area contributed by atoms with E-state index in [1.807, 2.05) is 0 Å². The highest BCUT2D eigenvalue weighted by molar-refractivity contribution is 5.31. The Balaban J connectivity index is 2.17. The van der Waals surface area contributed by atoms with Crippen molar-refractivity contribution in [2.75, 3.05) is 0 Å². The van der Waals surface area contributed by atoms with Crippen molar-refractivity contribution in [3.63, 3.8) is 0 Å². The van der Waals surface area contributed by atoms with Gasteiger partial charge in [0.05, 0.1) is 0 Å². The molecule has 0 aromatic carbocycles. The number of hydrogen-bond donors (Lipinski definition) is 0. The Morgan fingerprint density at radius 2 is 2.13 bits per heavy atom. The van der Waals surface area contributed by atoms with Gasteiger partial charge in [0.2, 0.25) is 0 Å². The molecule has 2 rings (SSSR count). The third-order valence-electron chi connectivity index (χ3n) is 4.34. The van der Waals surface area contributed by atoms with E-state index in [1.54, 1.807) is 0 Å². The lowest BCUT2D eigenvalue weighted by Crippen LogP contribution is -2.23. The number of rotatable bonds is 2. The molecule has 0 saturated heterocycles. The van der Waals surface area contributed by atoms with Gasteiger partial charge in [-0.2, -0.15) is 0 Å². The molecule has 0 aromatic rings. The van der Waals surface area contributed by atoms with Crippen molar-refractivity contribution >= 4 is 0 Å². The first-order valence-corrected chi connectivity index (χ1v) is 6.06. The Morgan fingerprint density at radius 1 is 1.40 bits per heavy atom. The lowest BCUT2D eigenvalue weighted by Gasteiger charge is -2.33. The van der Waals surface area contributed by atoms with E-state index < -0.39 is 0 Å². The Labute approximate surface area is 93.8 Å². The van der Waals surface area contributed by atoms with Crippen molar-refractivity contribution in [1.82, 2.24) is 0 Å². The van der Waals surface area contributed by atoms with Crippen LogP contribution in [0.4, 0.5) is 0 Å². The number of allylic oxidation sites excluding steroid dienone is 5. The minimum Gasteiger partial charge on any atom is -0.0987 e. The van der Waals surface area contributed by atoms with Crippen molar-refractivity contribution in [2.45, 2.75) is 40.0 Å². The second kappa shape index (κ2) is 3.66. The van der Waals surface area contributed by atoms with Crippen LogP contribution in [0.25, 0.3) is 0 Å². The minimum atomic E-state index is 0.287. The van der Waals surface area contributed by atoms with Crippen molar-refractivity contribution in [1.29, 1.82) is 0 Å². The zero-order valence-corrected chi connectivity index (χ0v) is 10.2. The van der Waals surface area contributed by atoms with Gasteiger partial charge in [0, 0.05) is 5.41 Å². The van der Waals surface area contributed by atoms with E-state index in [4.69, 9.17) is 0 Å². The fourth-order valence-corrected chi connectivity index (χ4v) is 3.23. The van der Waals surface area contributed by atoms with Gasteiger partial charge in [-0.05, 0) is 44.9 Å². The number of fused-ring (bicyclic) bond motifs is 2. The zero-order valence-electron chi connectivity index (χ0n) is 10.2. The third-order valence-corrected chi connectivity index (χ3v) is 4.34. The molecule has 2 bridgehead atoms. The Bertz CT molecular complexity index is 328. The van der Waals surface area contributed by atoms with Gasteiger partial charge in [-0.3, -0.25) is 0 Å². The first kappa shape index (κ1) is 10.7. The lowest BCUT2D eigenvalue weighted by atomic mass is 9.71. The van der Waals surface area contributed by atoms with Gasteiger partial charge >= 0.3 is 0 Å². The van der Waals surface area contributed by atoms with E-state index >= 15 is 0 Å². The molecule has 0 N–H and O–H groups in total. The minimum absolute atomic E-state index is 0.287. The summed E-state index contributed by atoms with van der Waals surface area (Å²) in [6.07, 6.45) is 11.0. The largest absolute Gasteiger partial charge is 0.0987 e. The SMILES string of the molecule is C=C1C2CCC(C2)C1(C)C=CC=C(C)C. The third kappa shape index (κ3) is 1.71. The molecule has 2 aliphatic rings. The van der Waals surface area contributed by atoms with E-state index in [9.17, 15) is 0 Å². The van der Waals surface area contributed by atoms with Crippen molar-refractivity contribution in [3.8, 4) is 0 Å². The molecule has 0 radical (unpaired) electrons. The van der Waals surface area contributed by atoms with E-state index in [0.717, 1.165) is 11.8 Å². The van der Waals surface area contributed by atoms with Gasteiger partial charge in [-0.15, -0.1) is 0 Å². The van der Waals surface area contributed by atoms with Crippen LogP contribution < -0.4 is 0 Å². The van der Waals surface area contributed by atoms with Crippen LogP contribution in [0.1, 0.15) is 40.0 Å². The normalized spacial score (nSPS) is 39.0. The summed E-state index contributed by atoms with van der Waals surface area (Å²) < 4.78 is 0. The van der Waals surface area contributed by atoms with Crippen LogP contribution in [-0.2, 0) is 0 Å². The average Bonchev–Trinajstić information content (AvgIpc) is 2.70. The molecule has 0 aliphatic heterocycles. The van der Waals surface area contributed by atoms with Crippen LogP contribution >= 0.6 is 0 Å². The van der Waals surface area contributed by atoms with Crippen LogP contribution in [-0.4, -0.2) is 0 Å². The molecule has 15 heavy (non-hydrogen) atoms. The standard InChI is InChI=1S/C15H22/c1-11(2)6-5-9-15(4)12(3)13-7-8-14(15)10-13/h5-6,9,13-14H,3,7-8,10H2,1-2,4H3. The molecule has 3 atom stereocenters. The van der Waals surface area contributed by atoms with Gasteiger partial charge in [0.25, 0.3) is 0 Å². The van der Waals surface area contributed by atoms with Crippen molar-refractivity contribution < 1.29 is 0 Å². The van der Waals surface area contributed by atoms with Crippen LogP contribution in [0.15, 0.2) is 36.0 Å². The maximum Gasteiger partial charge on any atom is 0.00940 e. The molecule has 2 saturated carbocycles. The summed E-state index contributed by atoms with van der Waals surface area (Å²) in [5.41, 5.74) is 3.13. The molecular formula is C15H22. The summed E-state index contributed by atoms with van der Waals surface area (Å²) in [6.45, 7) is 11.0. The fourth-order valence-electron chi connectivity index (χ4n) is 3.23. The molecule has 0 aromatic heterocycles. The summed E-state index contributed by atoms with van der Waals surface area (Å²) >= 11 is 0. The second-order valence-corrected chi connectivity index (χ2v) is 5.62. The quantitative estimate of drug-likeness (QED) is 0.457. The fraction of sp³-hybridized carbons (Fsp3) is 0.600. The first-order chi connectivity index (χ1) is 7.04. The Kier molecular flexibility index (Phi) is 2.62.